The summed E-state index contributed by atoms with van der Waals surface area (Å²) >= 11 is 0. The Labute approximate surface area is 702 Å². The van der Waals surface area contributed by atoms with Gasteiger partial charge >= 0.3 is 37.1 Å². The van der Waals surface area contributed by atoms with Crippen molar-refractivity contribution in [2.45, 2.75) is 73.1 Å². The molecule has 0 spiro atoms. The number of hydrogen-bond acceptors (Lipinski definition) is 16. The van der Waals surface area contributed by atoms with Gasteiger partial charge in [0, 0.05) is 29.3 Å². The van der Waals surface area contributed by atoms with Crippen molar-refractivity contribution in [2.75, 3.05) is 38.1 Å². The van der Waals surface area contributed by atoms with E-state index in [0.717, 1.165) is 36.4 Å². The number of Topliss-reactive ketones (excluding diaryl/α,β-unsaturated/α-hetero) is 1. The minimum absolute atomic E-state index is 0.00509. The Bertz CT molecular complexity index is 6020. The SMILES string of the molecule is [2H]Oc1ccc(C(c2ccc(O)c(NC(=O)c3ccc(Oc4ccc(C(=O)Nc5cc(C(c6ccc(O)c(N7C(=O)C8C9C=CC(C9)C8C7=O)c6)(C(F)(F)F)C(F)(F)F)ccc5O[2H])cc4)cc3)c2)(C(F)(F)F)C(F)(F)F)cc1NC.[2H]Oc1ccc(C(c2ccc(O)c(NC(=O)c3cccc(C(C)=O)c3)c2)(C(F)(F)F)C(F)(F)F)cc1N1C(=O)C2C3C=CC(C3)C2C1=O. The van der Waals surface area contributed by atoms with Crippen molar-refractivity contribution < 1.29 is 153 Å². The van der Waals surface area contributed by atoms with E-state index in [9.17, 15) is 80.0 Å². The second-order valence-electron chi connectivity index (χ2n) is 30.4. The summed E-state index contributed by atoms with van der Waals surface area (Å²) in [6.45, 7) is 1.22. The van der Waals surface area contributed by atoms with Crippen molar-refractivity contribution in [1.29, 1.82) is 4.29 Å². The summed E-state index contributed by atoms with van der Waals surface area (Å²) in [6, 6.07) is 22.2. The lowest BCUT2D eigenvalue weighted by molar-refractivity contribution is -0.290. The Morgan fingerprint density at radius 1 is 0.349 bits per heavy atom. The number of phenols is 6. The fraction of sp³-hybridized carbons (Fsp3) is 0.241. The summed E-state index contributed by atoms with van der Waals surface area (Å²) < 4.78 is 301. The van der Waals surface area contributed by atoms with Crippen molar-refractivity contribution in [3.8, 4) is 46.0 Å². The first-order chi connectivity index (χ1) is 60.5. The maximum Gasteiger partial charge on any atom is 0.411 e. The van der Waals surface area contributed by atoms with Crippen molar-refractivity contribution >= 4 is 81.3 Å². The van der Waals surface area contributed by atoms with Gasteiger partial charge in [-0.25, -0.2) is 9.80 Å². The number of fused-ring (bicyclic) bond motifs is 10. The number of aromatic hydroxyl groups is 6. The molecule has 4 fully saturated rings. The molecule has 10 N–H and O–H groups in total. The third-order valence-electron chi connectivity index (χ3n) is 23.5. The number of benzene rings is 9. The number of phenolic OH excluding ortho intramolecular Hbond substituents is 6. The van der Waals surface area contributed by atoms with Gasteiger partial charge in [0.2, 0.25) is 39.9 Å². The van der Waals surface area contributed by atoms with E-state index in [0.29, 0.717) is 114 Å². The number of ether oxygens (including phenoxy) is 1. The number of imide groups is 2. The molecular weight excluding hydrogens is 1710 g/mol. The molecule has 4 bridgehead atoms. The summed E-state index contributed by atoms with van der Waals surface area (Å²) in [6.07, 6.45) is -29.1. The first-order valence-electron chi connectivity index (χ1n) is 38.7. The van der Waals surface area contributed by atoms with Crippen molar-refractivity contribution in [3.63, 3.8) is 0 Å². The number of carbonyl (C=O) groups is 8. The number of allylic oxidation sites excluding steroid dienone is 4. The van der Waals surface area contributed by atoms with Crippen molar-refractivity contribution in [2.24, 2.45) is 47.3 Å². The van der Waals surface area contributed by atoms with Gasteiger partial charge in [-0.3, -0.25) is 38.4 Å². The van der Waals surface area contributed by atoms with Crippen LogP contribution in [0.1, 0.15) is 94.6 Å². The minimum Gasteiger partial charge on any atom is -0.506 e. The van der Waals surface area contributed by atoms with Gasteiger partial charge in [-0.2, -0.15) is 79.0 Å². The van der Waals surface area contributed by atoms with E-state index in [1.807, 2.05) is 0 Å². The van der Waals surface area contributed by atoms with E-state index in [1.54, 1.807) is 24.3 Å². The number of hydrogen-bond donors (Lipinski definition) is 10. The van der Waals surface area contributed by atoms with E-state index < -0.39 is 238 Å². The number of anilines is 6. The zero-order valence-electron chi connectivity index (χ0n) is 67.1. The lowest BCUT2D eigenvalue weighted by Gasteiger charge is -2.39. The highest BCUT2D eigenvalue weighted by molar-refractivity contribution is 6.24. The highest BCUT2D eigenvalue weighted by Gasteiger charge is 2.76. The summed E-state index contributed by atoms with van der Waals surface area (Å²) in [5.74, 6) is -16.7. The van der Waals surface area contributed by atoms with Gasteiger partial charge in [-0.05, 0) is 210 Å². The molecule has 656 valence electrons. The van der Waals surface area contributed by atoms with Gasteiger partial charge in [0.15, 0.2) is 5.78 Å². The molecule has 6 aliphatic rings. The molecule has 4 aliphatic carbocycles. The Hall–Kier alpha value is -14.0. The molecule has 0 aromatic heterocycles. The standard InChI is InChI=1S/C54H38F12N4O9.C33H24F6N2O6/c1-67-35-21-29(8-16-39(35)71)49(51(55,56)57,52(58,59)60)30-9-17-40(72)36(22-30)68-45(75)25-4-12-33(13-5-25)79-34-14-6-26(7-15-34)46(76)69-37-23-31(10-18-41(37)73)50(53(61,62)63,54(64,65)66)32-11-19-42(74)38(24-32)70-47(77)43-27-2-3-28(20-27)44(43)48(70)78;1-15(42)16-3-2-4-19(11-16)28(45)40-22-13-20(7-9-24(22)43)31(32(34,35)36,33(37,38)39)21-8-10-25(44)23(14-21)41-29(46)26-17-5-6-18(12-17)27(26)30(41)47/h2-19,21-24,27-28,43-44,67,71-74H,20H2,1H3,(H,68,75)(H,69,76);2-11,13-14,17-18,26-27,43-44H,12H2,1H3,(H,40,45)/i/hD3. The van der Waals surface area contributed by atoms with Gasteiger partial charge in [0.05, 0.1) is 57.8 Å². The van der Waals surface area contributed by atoms with E-state index in [2.05, 4.69) is 36.6 Å². The fourth-order valence-electron chi connectivity index (χ4n) is 17.6. The second-order valence-corrected chi connectivity index (χ2v) is 30.4. The predicted octanol–water partition coefficient (Wildman–Crippen LogP) is 18.3. The molecule has 8 unspecified atom stereocenters. The number of rotatable bonds is 21. The predicted molar refractivity (Wildman–Crippen MR) is 411 cm³/mol. The van der Waals surface area contributed by atoms with Crippen LogP contribution in [0.25, 0.3) is 0 Å². The maximum atomic E-state index is 15.5. The molecule has 7 amide bonds. The Morgan fingerprint density at radius 3 is 0.952 bits per heavy atom. The first-order valence-corrected chi connectivity index (χ1v) is 37.5. The van der Waals surface area contributed by atoms with Gasteiger partial charge in [0.1, 0.15) is 46.0 Å². The number of nitrogens with zero attached hydrogens (tertiary/aromatic N) is 2. The topological polar surface area (TPSA) is 322 Å². The number of alkyl halides is 18. The molecule has 126 heavy (non-hydrogen) atoms. The molecule has 2 saturated carbocycles. The number of carbonyl (C=O) groups excluding carboxylic acids is 8. The normalized spacial score (nSPS) is 20.0. The summed E-state index contributed by atoms with van der Waals surface area (Å²) in [5, 5.41) is 53.6. The summed E-state index contributed by atoms with van der Waals surface area (Å²) in [5.41, 5.74) is -28.6. The van der Waals surface area contributed by atoms with E-state index in [4.69, 9.17) is 9.03 Å². The molecule has 0 radical (unpaired) electrons. The molecule has 15 rings (SSSR count). The van der Waals surface area contributed by atoms with Crippen LogP contribution in [0.4, 0.5) is 113 Å². The number of ketones is 1. The zero-order chi connectivity index (χ0) is 93.9. The third-order valence-corrected chi connectivity index (χ3v) is 23.5. The van der Waals surface area contributed by atoms with Crippen molar-refractivity contribution in [1.82, 2.24) is 0 Å². The summed E-state index contributed by atoms with van der Waals surface area (Å²) in [7, 11) is 1.17. The molecule has 39 heteroatoms. The molecule has 2 aliphatic heterocycles. The first kappa shape index (κ1) is 84.2. The molecule has 21 nitrogen and oxygen atoms in total. The molecule has 2 saturated heterocycles. The molecule has 9 aromatic rings. The maximum absolute atomic E-state index is 15.5. The Balaban J connectivity index is 0.000000237. The molecule has 9 aromatic carbocycles. The number of nitrogens with one attached hydrogen (secondary N) is 4. The average molecular weight is 1780 g/mol. The van der Waals surface area contributed by atoms with Gasteiger partial charge < -0.3 is 56.7 Å². The average Bonchev–Trinajstić information content (AvgIpc) is 1.48. The Morgan fingerprint density at radius 2 is 0.627 bits per heavy atom. The quantitative estimate of drug-likeness (QED) is 0.0105. The largest absolute Gasteiger partial charge is 0.506 e. The van der Waals surface area contributed by atoms with Crippen LogP contribution in [0.5, 0.6) is 46.0 Å². The van der Waals surface area contributed by atoms with E-state index in [1.165, 1.54) is 56.4 Å². The molecule has 8 atom stereocenters. The summed E-state index contributed by atoms with van der Waals surface area (Å²) in [4.78, 5) is 106. The molecule has 2 heterocycles. The lowest BCUT2D eigenvalue weighted by Crippen LogP contribution is -2.54. The van der Waals surface area contributed by atoms with Gasteiger partial charge in [-0.1, -0.05) is 72.8 Å². The van der Waals surface area contributed by atoms with Gasteiger partial charge in [0.25, 0.3) is 22.0 Å². The third kappa shape index (κ3) is 14.5. The Kier molecular flexibility index (Phi) is 20.9. The van der Waals surface area contributed by atoms with Crippen LogP contribution in [0, 0.1) is 47.3 Å². The van der Waals surface area contributed by atoms with Crippen LogP contribution in [0.15, 0.2) is 206 Å². The number of halogens is 18. The van der Waals surface area contributed by atoms with E-state index in [-0.39, 0.29) is 57.7 Å². The van der Waals surface area contributed by atoms with Crippen LogP contribution < -0.4 is 35.8 Å². The fourth-order valence-corrected chi connectivity index (χ4v) is 17.6. The zero-order valence-corrected chi connectivity index (χ0v) is 64.1. The molecular formula is C87H62F18N6O15. The smallest absolute Gasteiger partial charge is 0.411 e. The highest BCUT2D eigenvalue weighted by atomic mass is 19.4. The van der Waals surface area contributed by atoms with Crippen LogP contribution in [-0.4, -0.2) is 126 Å². The lowest BCUT2D eigenvalue weighted by atomic mass is 9.72. The highest BCUT2D eigenvalue weighted by Crippen LogP contribution is 2.64. The van der Waals surface area contributed by atoms with Crippen LogP contribution >= 0.6 is 0 Å². The minimum atomic E-state index is -6.26. The van der Waals surface area contributed by atoms with Crippen LogP contribution in [0.3, 0.4) is 0 Å². The van der Waals surface area contributed by atoms with E-state index >= 15 is 52.7 Å². The number of amides is 7. The van der Waals surface area contributed by atoms with Gasteiger partial charge in [-0.15, -0.1) is 0 Å². The van der Waals surface area contributed by atoms with Crippen LogP contribution in [-0.2, 0) is 35.4 Å². The monoisotopic (exact) mass is 1780 g/mol. The second kappa shape index (κ2) is 31.3. The van der Waals surface area contributed by atoms with Crippen molar-refractivity contribution in [3.05, 3.63) is 262 Å². The van der Waals surface area contributed by atoms with Crippen LogP contribution in [0.2, 0.25) is 0 Å².